The number of hydrogen-bond acceptors (Lipinski definition) is 7. The minimum atomic E-state index is -1.56. The van der Waals surface area contributed by atoms with Crippen molar-refractivity contribution in [2.45, 2.75) is 37.3 Å². The first-order chi connectivity index (χ1) is 13.1. The Morgan fingerprint density at radius 3 is 2.22 bits per heavy atom. The Hall–Kier alpha value is -2.29. The predicted molar refractivity (Wildman–Crippen MR) is 94.6 cm³/mol. The van der Waals surface area contributed by atoms with E-state index < -0.39 is 36.7 Å². The van der Waals surface area contributed by atoms with Crippen molar-refractivity contribution < 1.29 is 34.3 Å². The number of ether oxygens (including phenoxy) is 3. The van der Waals surface area contributed by atoms with Crippen molar-refractivity contribution in [2.75, 3.05) is 6.61 Å². The fourth-order valence-electron chi connectivity index (χ4n) is 2.83. The third-order valence-corrected chi connectivity index (χ3v) is 4.33. The summed E-state index contributed by atoms with van der Waals surface area (Å²) in [6, 6.07) is 17.6. The van der Waals surface area contributed by atoms with Crippen LogP contribution in [0.3, 0.4) is 0 Å². The molecular formula is C20H22O7. The monoisotopic (exact) mass is 374 g/mol. The summed E-state index contributed by atoms with van der Waals surface area (Å²) in [5.74, 6) is -0.575. The number of carbonyl (C=O) groups is 1. The van der Waals surface area contributed by atoms with Crippen molar-refractivity contribution in [1.29, 1.82) is 0 Å². The highest BCUT2D eigenvalue weighted by molar-refractivity contribution is 5.89. The number of carbonyl (C=O) groups excluding carboxylic acids is 1. The number of benzene rings is 2. The lowest BCUT2D eigenvalue weighted by atomic mass is 9.99. The number of rotatable bonds is 6. The fourth-order valence-corrected chi connectivity index (χ4v) is 2.83. The summed E-state index contributed by atoms with van der Waals surface area (Å²) in [7, 11) is 0. The van der Waals surface area contributed by atoms with Gasteiger partial charge in [-0.3, -0.25) is 0 Å². The molecule has 1 fully saturated rings. The molecule has 0 spiro atoms. The molecule has 2 aromatic rings. The Morgan fingerprint density at radius 2 is 1.56 bits per heavy atom. The van der Waals surface area contributed by atoms with E-state index in [-0.39, 0.29) is 13.2 Å². The number of hydrogen-bond donors (Lipinski definition) is 3. The minimum absolute atomic E-state index is 0.142. The first-order valence-electron chi connectivity index (χ1n) is 8.63. The molecule has 7 heteroatoms. The number of esters is 1. The Morgan fingerprint density at radius 1 is 0.926 bits per heavy atom. The van der Waals surface area contributed by atoms with Crippen LogP contribution in [0.4, 0.5) is 0 Å². The molecule has 1 heterocycles. The topological polar surface area (TPSA) is 105 Å². The van der Waals surface area contributed by atoms with Crippen molar-refractivity contribution in [1.82, 2.24) is 0 Å². The van der Waals surface area contributed by atoms with Gasteiger partial charge in [0.25, 0.3) is 0 Å². The van der Waals surface area contributed by atoms with Crippen LogP contribution in [0.15, 0.2) is 60.7 Å². The molecular weight excluding hydrogens is 352 g/mol. The zero-order valence-electron chi connectivity index (χ0n) is 14.5. The molecule has 1 aliphatic rings. The number of aliphatic hydroxyl groups excluding tert-OH is 3. The van der Waals surface area contributed by atoms with Crippen LogP contribution in [-0.2, 0) is 20.8 Å². The Balaban J connectivity index is 1.59. The highest BCUT2D eigenvalue weighted by atomic mass is 16.7. The van der Waals surface area contributed by atoms with Gasteiger partial charge >= 0.3 is 5.97 Å². The lowest BCUT2D eigenvalue weighted by Gasteiger charge is -2.40. The summed E-state index contributed by atoms with van der Waals surface area (Å²) in [6.45, 7) is -0.146. The summed E-state index contributed by atoms with van der Waals surface area (Å²) in [5.41, 5.74) is 1.21. The largest absolute Gasteiger partial charge is 0.459 e. The predicted octanol–water partition coefficient (Wildman–Crippen LogP) is 0.868. The summed E-state index contributed by atoms with van der Waals surface area (Å²) >= 11 is 0. The van der Waals surface area contributed by atoms with Gasteiger partial charge in [-0.25, -0.2) is 4.79 Å². The van der Waals surface area contributed by atoms with Gasteiger partial charge < -0.3 is 29.5 Å². The Kier molecular flexibility index (Phi) is 6.54. The molecule has 1 saturated heterocycles. The highest BCUT2D eigenvalue weighted by Gasteiger charge is 2.45. The fraction of sp³-hybridized carbons (Fsp3) is 0.350. The van der Waals surface area contributed by atoms with Gasteiger partial charge in [-0.2, -0.15) is 0 Å². The van der Waals surface area contributed by atoms with Crippen molar-refractivity contribution in [3.05, 3.63) is 71.8 Å². The van der Waals surface area contributed by atoms with Crippen LogP contribution in [0.5, 0.6) is 0 Å². The highest BCUT2D eigenvalue weighted by Crippen LogP contribution is 2.24. The molecule has 3 rings (SSSR count). The standard InChI is InChI=1S/C20H22O7/c21-16-15(12-26-19(23)14-9-5-2-6-10-14)27-20(24)17(22)18(16)25-11-13-7-3-1-4-8-13/h1-10,15-18,20-22,24H,11-12H2/t15-,16-,17-,18+,20?/m1/s1. The second-order valence-corrected chi connectivity index (χ2v) is 6.27. The normalized spacial score (nSPS) is 27.9. The third-order valence-electron chi connectivity index (χ3n) is 4.33. The molecule has 144 valence electrons. The van der Waals surface area contributed by atoms with E-state index in [4.69, 9.17) is 14.2 Å². The second-order valence-electron chi connectivity index (χ2n) is 6.27. The number of aliphatic hydroxyl groups is 3. The van der Waals surface area contributed by atoms with E-state index in [0.717, 1.165) is 5.56 Å². The van der Waals surface area contributed by atoms with Gasteiger partial charge in [0.05, 0.1) is 12.2 Å². The van der Waals surface area contributed by atoms with Crippen molar-refractivity contribution >= 4 is 5.97 Å². The quantitative estimate of drug-likeness (QED) is 0.644. The molecule has 3 N–H and O–H groups in total. The summed E-state index contributed by atoms with van der Waals surface area (Å²) in [6.07, 6.45) is -6.39. The molecule has 0 saturated carbocycles. The van der Waals surface area contributed by atoms with Crippen molar-refractivity contribution in [3.63, 3.8) is 0 Å². The first kappa shape index (κ1) is 19.5. The van der Waals surface area contributed by atoms with Gasteiger partial charge in [0.2, 0.25) is 0 Å². The molecule has 0 aromatic heterocycles. The van der Waals surface area contributed by atoms with Gasteiger partial charge in [-0.05, 0) is 17.7 Å². The maximum atomic E-state index is 12.0. The van der Waals surface area contributed by atoms with Crippen LogP contribution >= 0.6 is 0 Å². The van der Waals surface area contributed by atoms with Gasteiger partial charge in [0.1, 0.15) is 31.0 Å². The van der Waals surface area contributed by atoms with Crippen LogP contribution < -0.4 is 0 Å². The van der Waals surface area contributed by atoms with E-state index in [0.29, 0.717) is 5.56 Å². The molecule has 0 amide bonds. The van der Waals surface area contributed by atoms with Crippen LogP contribution in [0.2, 0.25) is 0 Å². The Bertz CT molecular complexity index is 722. The summed E-state index contributed by atoms with van der Waals surface area (Å²) in [5, 5.41) is 30.5. The average Bonchev–Trinajstić information content (AvgIpc) is 2.71. The van der Waals surface area contributed by atoms with Crippen LogP contribution in [0, 0.1) is 0 Å². The lowest BCUT2D eigenvalue weighted by molar-refractivity contribution is -0.295. The van der Waals surface area contributed by atoms with Crippen molar-refractivity contribution in [3.8, 4) is 0 Å². The molecule has 27 heavy (non-hydrogen) atoms. The maximum Gasteiger partial charge on any atom is 0.338 e. The molecule has 0 bridgehead atoms. The van der Waals surface area contributed by atoms with Crippen LogP contribution in [0.1, 0.15) is 15.9 Å². The van der Waals surface area contributed by atoms with E-state index in [1.165, 1.54) is 0 Å². The molecule has 7 nitrogen and oxygen atoms in total. The molecule has 0 aliphatic carbocycles. The smallest absolute Gasteiger partial charge is 0.338 e. The van der Waals surface area contributed by atoms with E-state index in [1.807, 2.05) is 30.3 Å². The van der Waals surface area contributed by atoms with E-state index in [1.54, 1.807) is 30.3 Å². The molecule has 0 radical (unpaired) electrons. The minimum Gasteiger partial charge on any atom is -0.459 e. The zero-order valence-corrected chi connectivity index (χ0v) is 14.5. The van der Waals surface area contributed by atoms with E-state index >= 15 is 0 Å². The molecule has 2 aromatic carbocycles. The van der Waals surface area contributed by atoms with Gasteiger partial charge in [0.15, 0.2) is 6.29 Å². The summed E-state index contributed by atoms with van der Waals surface area (Å²) < 4.78 is 15.9. The average molecular weight is 374 g/mol. The Labute approximate surface area is 156 Å². The zero-order chi connectivity index (χ0) is 19.2. The second kappa shape index (κ2) is 9.07. The summed E-state index contributed by atoms with van der Waals surface area (Å²) in [4.78, 5) is 12.0. The van der Waals surface area contributed by atoms with Crippen LogP contribution in [-0.4, -0.2) is 58.6 Å². The molecule has 1 aliphatic heterocycles. The lowest BCUT2D eigenvalue weighted by Crippen LogP contribution is -2.59. The van der Waals surface area contributed by atoms with E-state index in [9.17, 15) is 20.1 Å². The van der Waals surface area contributed by atoms with Gasteiger partial charge in [0, 0.05) is 0 Å². The SMILES string of the molecule is O=C(OC[C@H]1OC(O)[C@H](O)[C@@H](OCc2ccccc2)[C@@H]1O)c1ccccc1. The molecule has 5 atom stereocenters. The first-order valence-corrected chi connectivity index (χ1v) is 8.63. The maximum absolute atomic E-state index is 12.0. The molecule has 1 unspecified atom stereocenters. The third kappa shape index (κ3) is 4.91. The van der Waals surface area contributed by atoms with Crippen molar-refractivity contribution in [2.24, 2.45) is 0 Å². The van der Waals surface area contributed by atoms with E-state index in [2.05, 4.69) is 0 Å². The van der Waals surface area contributed by atoms with Gasteiger partial charge in [-0.1, -0.05) is 48.5 Å². The van der Waals surface area contributed by atoms with Gasteiger partial charge in [-0.15, -0.1) is 0 Å². The van der Waals surface area contributed by atoms with Crippen LogP contribution in [0.25, 0.3) is 0 Å².